The Hall–Kier alpha value is -1.72. The van der Waals surface area contributed by atoms with Crippen LogP contribution < -0.4 is 4.74 Å². The van der Waals surface area contributed by atoms with Gasteiger partial charge in [0.25, 0.3) is 0 Å². The summed E-state index contributed by atoms with van der Waals surface area (Å²) < 4.78 is 12.4. The normalized spacial score (nSPS) is 26.9. The zero-order valence-electron chi connectivity index (χ0n) is 17.5. The average Bonchev–Trinajstić information content (AvgIpc) is 3.25. The van der Waals surface area contributed by atoms with E-state index in [-0.39, 0.29) is 6.10 Å². The minimum absolute atomic E-state index is 0.269. The minimum atomic E-state index is 0.269. The molecule has 1 aromatic rings. The van der Waals surface area contributed by atoms with Gasteiger partial charge in [-0.25, -0.2) is 9.97 Å². The smallest absolute Gasteiger partial charge is 0.224 e. The van der Waals surface area contributed by atoms with Crippen molar-refractivity contribution in [3.05, 3.63) is 35.3 Å². The van der Waals surface area contributed by atoms with E-state index >= 15 is 0 Å². The Morgan fingerprint density at radius 1 is 1.14 bits per heavy atom. The molecule has 0 aromatic carbocycles. The molecular formula is C23H33N3O2. The average molecular weight is 384 g/mol. The van der Waals surface area contributed by atoms with Gasteiger partial charge in [0, 0.05) is 18.4 Å². The van der Waals surface area contributed by atoms with E-state index in [4.69, 9.17) is 9.47 Å². The Morgan fingerprint density at radius 2 is 1.96 bits per heavy atom. The summed E-state index contributed by atoms with van der Waals surface area (Å²) in [5.41, 5.74) is 5.28. The van der Waals surface area contributed by atoms with Crippen LogP contribution in [0.25, 0.3) is 5.57 Å². The summed E-state index contributed by atoms with van der Waals surface area (Å²) in [5.74, 6) is 1.25. The van der Waals surface area contributed by atoms with Crippen LogP contribution in [0.15, 0.2) is 24.1 Å². The lowest BCUT2D eigenvalue weighted by atomic mass is 9.92. The van der Waals surface area contributed by atoms with E-state index in [0.29, 0.717) is 18.6 Å². The van der Waals surface area contributed by atoms with Crippen molar-refractivity contribution in [2.75, 3.05) is 27.3 Å². The summed E-state index contributed by atoms with van der Waals surface area (Å²) in [7, 11) is 4.35. The van der Waals surface area contributed by atoms with Crippen LogP contribution in [0.4, 0.5) is 0 Å². The van der Waals surface area contributed by atoms with Gasteiger partial charge in [0.05, 0.1) is 24.5 Å². The first-order valence-electron chi connectivity index (χ1n) is 10.8. The van der Waals surface area contributed by atoms with E-state index < -0.39 is 0 Å². The lowest BCUT2D eigenvalue weighted by Crippen LogP contribution is -2.35. The van der Waals surface area contributed by atoms with Gasteiger partial charge < -0.3 is 14.4 Å². The fourth-order valence-electron chi connectivity index (χ4n) is 4.96. The number of hydrogen-bond acceptors (Lipinski definition) is 5. The summed E-state index contributed by atoms with van der Waals surface area (Å²) in [4.78, 5) is 11.5. The molecule has 0 unspecified atom stereocenters. The summed E-state index contributed by atoms with van der Waals surface area (Å²) in [6, 6.07) is 0.679. The van der Waals surface area contributed by atoms with Crippen molar-refractivity contribution in [3.63, 3.8) is 0 Å². The molecule has 1 fully saturated rings. The third-order valence-corrected chi connectivity index (χ3v) is 6.55. The van der Waals surface area contributed by atoms with Gasteiger partial charge in [0.2, 0.25) is 5.88 Å². The first-order chi connectivity index (χ1) is 13.7. The second-order valence-corrected chi connectivity index (χ2v) is 8.55. The molecule has 5 heteroatoms. The molecule has 0 aliphatic heterocycles. The molecule has 1 atom stereocenters. The van der Waals surface area contributed by atoms with Crippen molar-refractivity contribution in [2.24, 2.45) is 5.92 Å². The minimum Gasteiger partial charge on any atom is -0.474 e. The number of fused-ring (bicyclic) bond motifs is 2. The Balaban J connectivity index is 1.47. The number of hydrogen-bond donors (Lipinski definition) is 0. The van der Waals surface area contributed by atoms with Gasteiger partial charge in [-0.2, -0.15) is 0 Å². The molecule has 4 rings (SSSR count). The molecule has 5 nitrogen and oxygen atoms in total. The van der Waals surface area contributed by atoms with Crippen molar-refractivity contribution in [3.8, 4) is 5.88 Å². The van der Waals surface area contributed by atoms with Gasteiger partial charge >= 0.3 is 0 Å². The fourth-order valence-corrected chi connectivity index (χ4v) is 4.96. The summed E-state index contributed by atoms with van der Waals surface area (Å²) in [6.07, 6.45) is 13.9. The number of rotatable bonds is 7. The van der Waals surface area contributed by atoms with Gasteiger partial charge in [-0.1, -0.05) is 17.7 Å². The summed E-state index contributed by atoms with van der Waals surface area (Å²) in [5, 5.41) is 0. The lowest BCUT2D eigenvalue weighted by molar-refractivity contribution is 0.106. The maximum atomic E-state index is 6.47. The molecule has 152 valence electrons. The van der Waals surface area contributed by atoms with E-state index in [1.54, 1.807) is 6.33 Å². The second-order valence-electron chi connectivity index (χ2n) is 8.55. The molecule has 0 radical (unpaired) electrons. The van der Waals surface area contributed by atoms with E-state index in [0.717, 1.165) is 43.9 Å². The van der Waals surface area contributed by atoms with Crippen LogP contribution in [-0.4, -0.2) is 54.3 Å². The quantitative estimate of drug-likeness (QED) is 0.525. The molecule has 3 aliphatic carbocycles. The van der Waals surface area contributed by atoms with E-state index in [1.165, 1.54) is 36.0 Å². The Labute approximate surface area is 168 Å². The van der Waals surface area contributed by atoms with Crippen molar-refractivity contribution in [1.82, 2.24) is 14.9 Å². The van der Waals surface area contributed by atoms with Crippen LogP contribution in [0, 0.1) is 5.92 Å². The van der Waals surface area contributed by atoms with Crippen molar-refractivity contribution < 1.29 is 9.47 Å². The first kappa shape index (κ1) is 19.6. The van der Waals surface area contributed by atoms with Crippen LogP contribution in [0.3, 0.4) is 0 Å². The van der Waals surface area contributed by atoms with Crippen LogP contribution in [-0.2, 0) is 11.2 Å². The highest BCUT2D eigenvalue weighted by Crippen LogP contribution is 2.49. The van der Waals surface area contributed by atoms with Gasteiger partial charge in [-0.15, -0.1) is 0 Å². The van der Waals surface area contributed by atoms with E-state index in [1.807, 2.05) is 13.0 Å². The third kappa shape index (κ3) is 4.01. The number of nitrogens with zero attached hydrogens (tertiary/aromatic N) is 3. The Morgan fingerprint density at radius 3 is 2.71 bits per heavy atom. The van der Waals surface area contributed by atoms with Crippen LogP contribution in [0.1, 0.15) is 56.7 Å². The number of allylic oxidation sites excluding steroid dienone is 2. The Bertz CT molecular complexity index is 748. The SMILES string of the molecule is C/C=C/COC[C@H]1CCC2=C1c1c(ncnc1OC1CCC(N(C)C)CC1)C2. The van der Waals surface area contributed by atoms with Crippen LogP contribution in [0.2, 0.25) is 0 Å². The topological polar surface area (TPSA) is 47.5 Å². The van der Waals surface area contributed by atoms with Crippen molar-refractivity contribution >= 4 is 5.57 Å². The van der Waals surface area contributed by atoms with Crippen molar-refractivity contribution in [2.45, 2.75) is 64.0 Å². The zero-order valence-corrected chi connectivity index (χ0v) is 17.5. The predicted octanol–water partition coefficient (Wildman–Crippen LogP) is 4.04. The molecule has 0 saturated heterocycles. The van der Waals surface area contributed by atoms with Gasteiger partial charge in [-0.3, -0.25) is 0 Å². The number of aromatic nitrogens is 2. The maximum absolute atomic E-state index is 6.47. The van der Waals surface area contributed by atoms with Gasteiger partial charge in [0.1, 0.15) is 12.4 Å². The highest BCUT2D eigenvalue weighted by Gasteiger charge is 2.37. The lowest BCUT2D eigenvalue weighted by Gasteiger charge is -2.32. The molecule has 0 amide bonds. The number of ether oxygens (including phenoxy) is 2. The highest BCUT2D eigenvalue weighted by molar-refractivity contribution is 5.81. The molecule has 0 bridgehead atoms. The first-order valence-corrected chi connectivity index (χ1v) is 10.8. The van der Waals surface area contributed by atoms with E-state index in [2.05, 4.69) is 35.0 Å². The second kappa shape index (κ2) is 8.75. The molecule has 0 spiro atoms. The standard InChI is InChI=1S/C23H33N3O2/c1-4-5-12-27-14-17-7-6-16-13-20-22(21(16)17)23(25-15-24-20)28-19-10-8-18(9-11-19)26(2)3/h4-5,15,17-19H,6-14H2,1-3H3/b5-4+/t17-,18?,19?/m1/s1. The molecule has 3 aliphatic rings. The summed E-state index contributed by atoms with van der Waals surface area (Å²) in [6.45, 7) is 3.48. The monoisotopic (exact) mass is 383 g/mol. The summed E-state index contributed by atoms with van der Waals surface area (Å²) >= 11 is 0. The molecule has 0 N–H and O–H groups in total. The van der Waals surface area contributed by atoms with Crippen LogP contribution >= 0.6 is 0 Å². The molecule has 28 heavy (non-hydrogen) atoms. The molecular weight excluding hydrogens is 350 g/mol. The largest absolute Gasteiger partial charge is 0.474 e. The van der Waals surface area contributed by atoms with Crippen molar-refractivity contribution in [1.29, 1.82) is 0 Å². The zero-order chi connectivity index (χ0) is 19.5. The molecule has 1 heterocycles. The van der Waals surface area contributed by atoms with E-state index in [9.17, 15) is 0 Å². The van der Waals surface area contributed by atoms with Gasteiger partial charge in [0.15, 0.2) is 0 Å². The predicted molar refractivity (Wildman–Crippen MR) is 111 cm³/mol. The molecule has 1 saturated carbocycles. The maximum Gasteiger partial charge on any atom is 0.224 e. The molecule has 1 aromatic heterocycles. The fraction of sp³-hybridized carbons (Fsp3) is 0.652. The third-order valence-electron chi connectivity index (χ3n) is 6.55. The Kier molecular flexibility index (Phi) is 6.12. The van der Waals surface area contributed by atoms with Gasteiger partial charge in [-0.05, 0) is 65.1 Å². The van der Waals surface area contributed by atoms with Crippen LogP contribution in [0.5, 0.6) is 5.88 Å². The highest BCUT2D eigenvalue weighted by atomic mass is 16.5.